The standard InChI is InChI=1S/C8H7F3N2O/c1-3-5(9)2-4(8(12)13-14)7(11)6(3)10/h2,14H,1H3,(H2,12,13). The van der Waals surface area contributed by atoms with Crippen molar-refractivity contribution in [3.63, 3.8) is 0 Å². The van der Waals surface area contributed by atoms with E-state index >= 15 is 0 Å². The molecule has 6 heteroatoms. The smallest absolute Gasteiger partial charge is 0.173 e. The number of rotatable bonds is 1. The van der Waals surface area contributed by atoms with Crippen molar-refractivity contribution >= 4 is 5.84 Å². The second-order valence-electron chi connectivity index (χ2n) is 2.64. The molecule has 1 rings (SSSR count). The molecule has 0 radical (unpaired) electrons. The van der Waals surface area contributed by atoms with E-state index in [4.69, 9.17) is 10.9 Å². The van der Waals surface area contributed by atoms with E-state index in [1.165, 1.54) is 0 Å². The quantitative estimate of drug-likeness (QED) is 0.239. The average Bonchev–Trinajstić information content (AvgIpc) is 2.19. The average molecular weight is 204 g/mol. The summed E-state index contributed by atoms with van der Waals surface area (Å²) in [5.74, 6) is -4.31. The number of nitrogens with zero attached hydrogens (tertiary/aromatic N) is 1. The van der Waals surface area contributed by atoms with Gasteiger partial charge in [-0.05, 0) is 13.0 Å². The summed E-state index contributed by atoms with van der Waals surface area (Å²) in [6.45, 7) is 1.09. The zero-order valence-electron chi connectivity index (χ0n) is 7.18. The normalized spacial score (nSPS) is 11.9. The summed E-state index contributed by atoms with van der Waals surface area (Å²) in [6.07, 6.45) is 0. The molecule has 0 atom stereocenters. The molecule has 1 aromatic rings. The van der Waals surface area contributed by atoms with Gasteiger partial charge in [0.15, 0.2) is 17.5 Å². The topological polar surface area (TPSA) is 58.6 Å². The van der Waals surface area contributed by atoms with Gasteiger partial charge in [0, 0.05) is 5.56 Å². The number of nitrogens with two attached hydrogens (primary N) is 1. The molecule has 0 aliphatic rings. The van der Waals surface area contributed by atoms with E-state index < -0.39 is 34.4 Å². The lowest BCUT2D eigenvalue weighted by atomic mass is 10.1. The highest BCUT2D eigenvalue weighted by Crippen LogP contribution is 2.18. The summed E-state index contributed by atoms with van der Waals surface area (Å²) in [5, 5.41) is 10.7. The van der Waals surface area contributed by atoms with Crippen LogP contribution in [0.5, 0.6) is 0 Å². The number of halogens is 3. The van der Waals surface area contributed by atoms with Crippen LogP contribution in [0.4, 0.5) is 13.2 Å². The third kappa shape index (κ3) is 1.50. The molecule has 0 fully saturated rings. The molecule has 0 amide bonds. The summed E-state index contributed by atoms with van der Waals surface area (Å²) < 4.78 is 38.9. The van der Waals surface area contributed by atoms with Crippen molar-refractivity contribution in [2.24, 2.45) is 10.9 Å². The van der Waals surface area contributed by atoms with Gasteiger partial charge in [-0.3, -0.25) is 0 Å². The highest BCUT2D eigenvalue weighted by atomic mass is 19.2. The van der Waals surface area contributed by atoms with Gasteiger partial charge in [0.1, 0.15) is 5.82 Å². The van der Waals surface area contributed by atoms with Crippen molar-refractivity contribution in [3.8, 4) is 0 Å². The van der Waals surface area contributed by atoms with Crippen LogP contribution in [0.3, 0.4) is 0 Å². The van der Waals surface area contributed by atoms with Crippen LogP contribution >= 0.6 is 0 Å². The second kappa shape index (κ2) is 3.57. The Labute approximate surface area is 77.6 Å². The van der Waals surface area contributed by atoms with Gasteiger partial charge in [-0.25, -0.2) is 13.2 Å². The van der Waals surface area contributed by atoms with E-state index in [2.05, 4.69) is 5.16 Å². The fraction of sp³-hybridized carbons (Fsp3) is 0.125. The first kappa shape index (κ1) is 10.4. The van der Waals surface area contributed by atoms with Crippen molar-refractivity contribution in [1.82, 2.24) is 0 Å². The minimum absolute atomic E-state index is 0.447. The van der Waals surface area contributed by atoms with E-state index in [0.717, 1.165) is 6.92 Å². The summed E-state index contributed by atoms with van der Waals surface area (Å²) in [4.78, 5) is 0. The zero-order chi connectivity index (χ0) is 10.9. The fourth-order valence-corrected chi connectivity index (χ4v) is 0.926. The van der Waals surface area contributed by atoms with Crippen molar-refractivity contribution < 1.29 is 18.4 Å². The largest absolute Gasteiger partial charge is 0.409 e. The molecule has 0 aromatic heterocycles. The molecule has 0 saturated heterocycles. The molecule has 14 heavy (non-hydrogen) atoms. The predicted octanol–water partition coefficient (Wildman–Crippen LogP) is 1.51. The van der Waals surface area contributed by atoms with Gasteiger partial charge in [-0.1, -0.05) is 5.16 Å². The van der Waals surface area contributed by atoms with Gasteiger partial charge in [0.2, 0.25) is 0 Å². The molecule has 0 heterocycles. The third-order valence-electron chi connectivity index (χ3n) is 1.77. The fourth-order valence-electron chi connectivity index (χ4n) is 0.926. The number of benzene rings is 1. The number of hydrogen-bond acceptors (Lipinski definition) is 2. The summed E-state index contributed by atoms with van der Waals surface area (Å²) >= 11 is 0. The molecule has 0 spiro atoms. The van der Waals surface area contributed by atoms with Crippen LogP contribution in [0.25, 0.3) is 0 Å². The Morgan fingerprint density at radius 1 is 1.36 bits per heavy atom. The minimum Gasteiger partial charge on any atom is -0.409 e. The van der Waals surface area contributed by atoms with E-state index in [1.807, 2.05) is 0 Å². The first-order chi connectivity index (χ1) is 6.49. The maximum atomic E-state index is 13.1. The number of hydrogen-bond donors (Lipinski definition) is 2. The van der Waals surface area contributed by atoms with E-state index in [1.54, 1.807) is 0 Å². The Balaban J connectivity index is 3.48. The van der Waals surface area contributed by atoms with Gasteiger partial charge in [0.05, 0.1) is 5.56 Å². The Morgan fingerprint density at radius 3 is 2.43 bits per heavy atom. The molecule has 0 saturated carbocycles. The van der Waals surface area contributed by atoms with Crippen molar-refractivity contribution in [3.05, 3.63) is 34.6 Å². The molecular formula is C8H7F3N2O. The Kier molecular flexibility index (Phi) is 2.64. The Bertz CT molecular complexity index is 404. The zero-order valence-corrected chi connectivity index (χ0v) is 7.18. The van der Waals surface area contributed by atoms with E-state index in [-0.39, 0.29) is 0 Å². The first-order valence-electron chi connectivity index (χ1n) is 3.61. The van der Waals surface area contributed by atoms with Crippen LogP contribution in [0.1, 0.15) is 11.1 Å². The van der Waals surface area contributed by atoms with Crippen LogP contribution in [0, 0.1) is 24.4 Å². The third-order valence-corrected chi connectivity index (χ3v) is 1.77. The Hall–Kier alpha value is -1.72. The van der Waals surface area contributed by atoms with Crippen LogP contribution in [0.15, 0.2) is 11.2 Å². The SMILES string of the molecule is Cc1c(F)cc(C(N)=NO)c(F)c1F. The number of oxime groups is 1. The summed E-state index contributed by atoms with van der Waals surface area (Å²) in [7, 11) is 0. The highest BCUT2D eigenvalue weighted by molar-refractivity contribution is 5.97. The first-order valence-corrected chi connectivity index (χ1v) is 3.61. The molecule has 0 bridgehead atoms. The minimum atomic E-state index is -1.34. The van der Waals surface area contributed by atoms with E-state index in [9.17, 15) is 13.2 Å². The lowest BCUT2D eigenvalue weighted by Crippen LogP contribution is -2.17. The molecule has 3 N–H and O–H groups in total. The van der Waals surface area contributed by atoms with Crippen molar-refractivity contribution in [2.75, 3.05) is 0 Å². The molecule has 0 aliphatic heterocycles. The monoisotopic (exact) mass is 204 g/mol. The molecule has 0 aliphatic carbocycles. The molecule has 76 valence electrons. The lowest BCUT2D eigenvalue weighted by Gasteiger charge is -2.05. The van der Waals surface area contributed by atoms with Gasteiger partial charge in [-0.2, -0.15) is 0 Å². The molecule has 3 nitrogen and oxygen atoms in total. The lowest BCUT2D eigenvalue weighted by molar-refractivity contribution is 0.318. The molecule has 1 aromatic carbocycles. The second-order valence-corrected chi connectivity index (χ2v) is 2.64. The molecule has 0 unspecified atom stereocenters. The van der Waals surface area contributed by atoms with Gasteiger partial charge in [-0.15, -0.1) is 0 Å². The van der Waals surface area contributed by atoms with Crippen LogP contribution < -0.4 is 5.73 Å². The van der Waals surface area contributed by atoms with Gasteiger partial charge >= 0.3 is 0 Å². The maximum absolute atomic E-state index is 13.1. The van der Waals surface area contributed by atoms with Crippen LogP contribution in [-0.2, 0) is 0 Å². The van der Waals surface area contributed by atoms with Crippen molar-refractivity contribution in [2.45, 2.75) is 6.92 Å². The maximum Gasteiger partial charge on any atom is 0.173 e. The van der Waals surface area contributed by atoms with Gasteiger partial charge in [0.25, 0.3) is 0 Å². The van der Waals surface area contributed by atoms with E-state index in [0.29, 0.717) is 6.07 Å². The summed E-state index contributed by atoms with van der Waals surface area (Å²) in [6, 6.07) is 0.669. The predicted molar refractivity (Wildman–Crippen MR) is 43.6 cm³/mol. The Morgan fingerprint density at radius 2 is 1.93 bits per heavy atom. The van der Waals surface area contributed by atoms with Crippen molar-refractivity contribution in [1.29, 1.82) is 0 Å². The summed E-state index contributed by atoms with van der Waals surface area (Å²) in [5.41, 5.74) is 3.96. The number of amidine groups is 1. The molecular weight excluding hydrogens is 197 g/mol. The highest BCUT2D eigenvalue weighted by Gasteiger charge is 2.17. The van der Waals surface area contributed by atoms with Crippen LogP contribution in [-0.4, -0.2) is 11.0 Å². The van der Waals surface area contributed by atoms with Gasteiger partial charge < -0.3 is 10.9 Å². The van der Waals surface area contributed by atoms with Crippen LogP contribution in [0.2, 0.25) is 0 Å².